The van der Waals surface area contributed by atoms with Crippen LogP contribution in [0.4, 0.5) is 0 Å². The number of carbonyl (C=O) groups excluding carboxylic acids is 1. The number of aliphatic hydroxyl groups excluding tert-OH is 11. The van der Waals surface area contributed by atoms with E-state index in [1.807, 2.05) is 6.08 Å². The average Bonchev–Trinajstić information content (AvgIpc) is 0.885. The van der Waals surface area contributed by atoms with Crippen LogP contribution in [-0.4, -0.2) is 193 Å². The Morgan fingerprint density at radius 2 is 0.758 bits per heavy atom. The predicted molar refractivity (Wildman–Crippen MR) is 355 cm³/mol. The van der Waals surface area contributed by atoms with Gasteiger partial charge in [-0.3, -0.25) is 4.79 Å². The minimum Gasteiger partial charge on any atom is -0.394 e. The molecule has 19 heteroatoms. The largest absolute Gasteiger partial charge is 0.394 e. The van der Waals surface area contributed by atoms with Crippen LogP contribution in [0.5, 0.6) is 0 Å². The Hall–Kier alpha value is -3.29. The van der Waals surface area contributed by atoms with Crippen LogP contribution < -0.4 is 5.32 Å². The lowest BCUT2D eigenvalue weighted by atomic mass is 9.96. The molecule has 3 heterocycles. The normalized spacial score (nSPS) is 28.5. The van der Waals surface area contributed by atoms with E-state index in [1.165, 1.54) is 89.9 Å². The molecule has 19 nitrogen and oxygen atoms in total. The highest BCUT2D eigenvalue weighted by Gasteiger charge is 2.53. The second-order valence-electron chi connectivity index (χ2n) is 24.6. The van der Waals surface area contributed by atoms with Crippen LogP contribution in [0.1, 0.15) is 219 Å². The first-order valence-electron chi connectivity index (χ1n) is 35.0. The Morgan fingerprint density at radius 3 is 1.19 bits per heavy atom. The number of aliphatic hydroxyl groups is 11. The molecule has 3 rings (SSSR count). The molecule has 0 bridgehead atoms. The molecule has 0 spiro atoms. The summed E-state index contributed by atoms with van der Waals surface area (Å²) in [4.78, 5) is 13.4. The summed E-state index contributed by atoms with van der Waals surface area (Å²) in [5.74, 6) is -0.298. The minimum atomic E-state index is -1.99. The molecule has 524 valence electrons. The second-order valence-corrected chi connectivity index (χ2v) is 24.6. The summed E-state index contributed by atoms with van der Waals surface area (Å²) in [5.41, 5.74) is 0. The van der Waals surface area contributed by atoms with Gasteiger partial charge in [-0.1, -0.05) is 233 Å². The SMILES string of the molecule is CC/C=C\C/C=C\C/C=C\C/C=C\C/C=C\C/C=C\C/C=C\CCCCCCCC(=O)NC(COC1OC(CO)C(OC2OC(CO)C(OC3OC(CO)C(O)C(O)C3O)C(O)C2O)C(O)C1O)C(O)/C=C/CCCCCCCCCCCCCCCCCCC. The van der Waals surface area contributed by atoms with Gasteiger partial charge < -0.3 is 89.9 Å². The lowest BCUT2D eigenvalue weighted by molar-refractivity contribution is -0.379. The van der Waals surface area contributed by atoms with Gasteiger partial charge in [-0.25, -0.2) is 0 Å². The van der Waals surface area contributed by atoms with E-state index in [0.29, 0.717) is 6.42 Å². The molecule has 91 heavy (non-hydrogen) atoms. The van der Waals surface area contributed by atoms with E-state index < -0.39 is 124 Å². The van der Waals surface area contributed by atoms with Gasteiger partial charge in [-0.2, -0.15) is 0 Å². The maximum Gasteiger partial charge on any atom is 0.220 e. The molecule has 1 amide bonds. The zero-order valence-electron chi connectivity index (χ0n) is 55.3. The zero-order valence-corrected chi connectivity index (χ0v) is 55.3. The second kappa shape index (κ2) is 52.9. The summed E-state index contributed by atoms with van der Waals surface area (Å²) in [7, 11) is 0. The summed E-state index contributed by atoms with van der Waals surface area (Å²) in [6.45, 7) is 1.60. The molecular weight excluding hydrogens is 1170 g/mol. The van der Waals surface area contributed by atoms with Crippen LogP contribution in [0, 0.1) is 0 Å². The lowest BCUT2D eigenvalue weighted by Crippen LogP contribution is -2.66. The standard InChI is InChI=1S/C72H123NO18/c1-3-5-7-9-11-13-15-17-19-21-23-24-25-26-27-28-29-30-32-34-36-38-40-42-44-46-48-50-60(78)73-55(56(77)49-47-45-43-41-39-37-35-33-31-22-20-18-16-14-12-10-8-6-4-2)54-86-70-66(84)63(81)68(58(52-75)88-70)91-72-67(85)64(82)69(59(53-76)89-72)90-71-65(83)62(80)61(79)57(51-74)87-71/h5,7,11,13,17,19,23-24,26-27,29-30,34,36,47,49,55-59,61-72,74-77,79-85H,3-4,6,8-10,12,14-16,18,20-22,25,28,31-33,35,37-46,48,50-54H2,1-2H3,(H,73,78)/b7-5-,13-11-,19-17-,24-23-,27-26-,30-29-,36-34-,49-47+. The Labute approximate surface area is 545 Å². The molecule has 17 unspecified atom stereocenters. The number of ether oxygens (including phenoxy) is 6. The van der Waals surface area contributed by atoms with Gasteiger partial charge in [0.25, 0.3) is 0 Å². The van der Waals surface area contributed by atoms with Crippen molar-refractivity contribution < 1.29 is 89.4 Å². The van der Waals surface area contributed by atoms with Crippen molar-refractivity contribution in [1.82, 2.24) is 5.32 Å². The van der Waals surface area contributed by atoms with Gasteiger partial charge in [0.1, 0.15) is 73.2 Å². The first-order chi connectivity index (χ1) is 44.3. The molecule has 0 radical (unpaired) electrons. The van der Waals surface area contributed by atoms with Gasteiger partial charge in [0, 0.05) is 6.42 Å². The number of hydrogen-bond donors (Lipinski definition) is 12. The van der Waals surface area contributed by atoms with E-state index in [1.54, 1.807) is 6.08 Å². The predicted octanol–water partition coefficient (Wildman–Crippen LogP) is 9.27. The lowest BCUT2D eigenvalue weighted by Gasteiger charge is -2.48. The van der Waals surface area contributed by atoms with Crippen LogP contribution in [0.2, 0.25) is 0 Å². The maximum absolute atomic E-state index is 13.4. The Morgan fingerprint density at radius 1 is 0.407 bits per heavy atom. The van der Waals surface area contributed by atoms with Gasteiger partial charge >= 0.3 is 0 Å². The molecule has 0 aromatic heterocycles. The first-order valence-corrected chi connectivity index (χ1v) is 35.0. The summed E-state index contributed by atoms with van der Waals surface area (Å²) in [5, 5.41) is 121. The molecule has 0 saturated carbocycles. The third-order valence-electron chi connectivity index (χ3n) is 16.9. The summed E-state index contributed by atoms with van der Waals surface area (Å²) < 4.78 is 34.3. The van der Waals surface area contributed by atoms with Crippen molar-refractivity contribution in [3.8, 4) is 0 Å². The van der Waals surface area contributed by atoms with E-state index in [9.17, 15) is 61.0 Å². The van der Waals surface area contributed by atoms with Crippen molar-refractivity contribution >= 4 is 5.91 Å². The molecule has 3 fully saturated rings. The number of hydrogen-bond acceptors (Lipinski definition) is 18. The topological polar surface area (TPSA) is 307 Å². The molecule has 3 aliphatic rings. The molecule has 0 aromatic rings. The first kappa shape index (κ1) is 81.9. The maximum atomic E-state index is 13.4. The van der Waals surface area contributed by atoms with Crippen LogP contribution >= 0.6 is 0 Å². The summed E-state index contributed by atoms with van der Waals surface area (Å²) in [6.07, 6.45) is 42.2. The number of unbranched alkanes of at least 4 members (excludes halogenated alkanes) is 22. The van der Waals surface area contributed by atoms with E-state index in [4.69, 9.17) is 28.4 Å². The highest BCUT2D eigenvalue weighted by molar-refractivity contribution is 5.76. The molecule has 17 atom stereocenters. The fourth-order valence-corrected chi connectivity index (χ4v) is 11.2. The smallest absolute Gasteiger partial charge is 0.220 e. The van der Waals surface area contributed by atoms with Crippen LogP contribution in [0.3, 0.4) is 0 Å². The van der Waals surface area contributed by atoms with Gasteiger partial charge in [-0.15, -0.1) is 0 Å². The van der Waals surface area contributed by atoms with Crippen LogP contribution in [0.25, 0.3) is 0 Å². The summed E-state index contributed by atoms with van der Waals surface area (Å²) >= 11 is 0. The van der Waals surface area contributed by atoms with Crippen molar-refractivity contribution in [2.75, 3.05) is 26.4 Å². The highest BCUT2D eigenvalue weighted by atomic mass is 16.8. The quantitative estimate of drug-likeness (QED) is 0.0199. The monoisotopic (exact) mass is 1290 g/mol. The Bertz CT molecular complexity index is 2030. The molecular formula is C72H123NO18. The van der Waals surface area contributed by atoms with Gasteiger partial charge in [-0.05, 0) is 77.0 Å². The molecule has 0 aromatic carbocycles. The van der Waals surface area contributed by atoms with Crippen molar-refractivity contribution in [3.63, 3.8) is 0 Å². The third kappa shape index (κ3) is 34.8. The average molecular weight is 1290 g/mol. The molecule has 3 aliphatic heterocycles. The zero-order chi connectivity index (χ0) is 66.1. The van der Waals surface area contributed by atoms with E-state index in [2.05, 4.69) is 104 Å². The van der Waals surface area contributed by atoms with Crippen LogP contribution in [0.15, 0.2) is 97.2 Å². The van der Waals surface area contributed by atoms with Gasteiger partial charge in [0.05, 0.1) is 38.6 Å². The number of allylic oxidation sites excluding steroid dienone is 15. The van der Waals surface area contributed by atoms with E-state index >= 15 is 0 Å². The molecule has 0 aliphatic carbocycles. The van der Waals surface area contributed by atoms with Crippen molar-refractivity contribution in [2.24, 2.45) is 0 Å². The fourth-order valence-electron chi connectivity index (χ4n) is 11.2. The van der Waals surface area contributed by atoms with Crippen molar-refractivity contribution in [1.29, 1.82) is 0 Å². The Kier molecular flexibility index (Phi) is 47.7. The van der Waals surface area contributed by atoms with Gasteiger partial charge in [0.15, 0.2) is 18.9 Å². The third-order valence-corrected chi connectivity index (χ3v) is 16.9. The van der Waals surface area contributed by atoms with Crippen LogP contribution in [-0.2, 0) is 33.2 Å². The number of nitrogens with one attached hydrogen (secondary N) is 1. The summed E-state index contributed by atoms with van der Waals surface area (Å²) in [6, 6.07) is -0.991. The van der Waals surface area contributed by atoms with E-state index in [0.717, 1.165) is 103 Å². The van der Waals surface area contributed by atoms with E-state index in [-0.39, 0.29) is 18.9 Å². The minimum absolute atomic E-state index is 0.215. The fraction of sp³-hybridized carbons (Fsp3) is 0.764. The number of carbonyl (C=O) groups is 1. The highest BCUT2D eigenvalue weighted by Crippen LogP contribution is 2.33. The number of amides is 1. The van der Waals surface area contributed by atoms with Crippen molar-refractivity contribution in [2.45, 2.75) is 324 Å². The molecule has 12 N–H and O–H groups in total. The Balaban J connectivity index is 1.45. The van der Waals surface area contributed by atoms with Crippen molar-refractivity contribution in [3.05, 3.63) is 97.2 Å². The van der Waals surface area contributed by atoms with Gasteiger partial charge in [0.2, 0.25) is 5.91 Å². The number of rotatable bonds is 52. The molecule has 3 saturated heterocycles.